The molecule has 5 nitrogen and oxygen atoms in total. The van der Waals surface area contributed by atoms with Gasteiger partial charge < -0.3 is 9.80 Å². The molecule has 1 aromatic carbocycles. The van der Waals surface area contributed by atoms with Crippen LogP contribution in [0, 0.1) is 0 Å². The number of likely N-dealkylation sites (tertiary alicyclic amines) is 1. The summed E-state index contributed by atoms with van der Waals surface area (Å²) in [5, 5.41) is 0. The van der Waals surface area contributed by atoms with Gasteiger partial charge in [0, 0.05) is 25.4 Å². The molecule has 1 unspecified atom stereocenters. The Morgan fingerprint density at radius 3 is 2.84 bits per heavy atom. The standard InChI is InChI=1S/C20H24N4O/c1-23(2)15-17-12-13-21-20(22-17)18-9-6-14-24(18)19(25)11-10-16-7-4-3-5-8-16/h3-5,7-8,10-13,18H,6,9,14-15H2,1-2H3/b11-10+. The fraction of sp³-hybridized carbons (Fsp3) is 0.350. The van der Waals surface area contributed by atoms with E-state index in [1.807, 2.05) is 61.5 Å². The Kier molecular flexibility index (Phi) is 5.56. The Morgan fingerprint density at radius 2 is 2.08 bits per heavy atom. The van der Waals surface area contributed by atoms with Crippen LogP contribution in [0.2, 0.25) is 0 Å². The first-order valence-corrected chi connectivity index (χ1v) is 8.64. The predicted octanol–water partition coefficient (Wildman–Crippen LogP) is 2.92. The maximum Gasteiger partial charge on any atom is 0.247 e. The molecule has 0 bridgehead atoms. The summed E-state index contributed by atoms with van der Waals surface area (Å²) in [7, 11) is 4.03. The SMILES string of the molecule is CN(C)Cc1ccnc(C2CCCN2C(=O)/C=C/c2ccccc2)n1. The molecule has 0 saturated carbocycles. The van der Waals surface area contributed by atoms with Crippen molar-refractivity contribution in [1.82, 2.24) is 19.8 Å². The molecule has 1 aromatic heterocycles. The van der Waals surface area contributed by atoms with Crippen molar-refractivity contribution < 1.29 is 4.79 Å². The second-order valence-electron chi connectivity index (χ2n) is 6.58. The molecule has 130 valence electrons. The molecule has 2 aromatic rings. The van der Waals surface area contributed by atoms with Crippen LogP contribution in [0.1, 0.15) is 36.0 Å². The Labute approximate surface area is 149 Å². The fourth-order valence-electron chi connectivity index (χ4n) is 3.11. The summed E-state index contributed by atoms with van der Waals surface area (Å²) in [6.45, 7) is 1.52. The van der Waals surface area contributed by atoms with Crippen molar-refractivity contribution in [3.05, 3.63) is 65.8 Å². The lowest BCUT2D eigenvalue weighted by Gasteiger charge is -2.22. The Balaban J connectivity index is 1.74. The van der Waals surface area contributed by atoms with Crippen LogP contribution >= 0.6 is 0 Å². The molecular formula is C20H24N4O. The van der Waals surface area contributed by atoms with Crippen LogP contribution in [-0.2, 0) is 11.3 Å². The van der Waals surface area contributed by atoms with Gasteiger partial charge in [-0.3, -0.25) is 4.79 Å². The first-order chi connectivity index (χ1) is 12.1. The predicted molar refractivity (Wildman–Crippen MR) is 98.6 cm³/mol. The zero-order chi connectivity index (χ0) is 17.6. The lowest BCUT2D eigenvalue weighted by atomic mass is 10.2. The summed E-state index contributed by atoms with van der Waals surface area (Å²) in [5.74, 6) is 0.770. The monoisotopic (exact) mass is 336 g/mol. The third-order valence-corrected chi connectivity index (χ3v) is 4.26. The maximum absolute atomic E-state index is 12.6. The molecule has 1 saturated heterocycles. The van der Waals surface area contributed by atoms with Gasteiger partial charge in [0.1, 0.15) is 0 Å². The smallest absolute Gasteiger partial charge is 0.247 e. The second kappa shape index (κ2) is 8.03. The molecular weight excluding hydrogens is 312 g/mol. The molecule has 1 amide bonds. The number of benzene rings is 1. The molecule has 1 aliphatic heterocycles. The molecule has 1 aliphatic rings. The number of hydrogen-bond acceptors (Lipinski definition) is 4. The Morgan fingerprint density at radius 1 is 1.28 bits per heavy atom. The highest BCUT2D eigenvalue weighted by molar-refractivity contribution is 5.92. The number of aromatic nitrogens is 2. The van der Waals surface area contributed by atoms with Crippen LogP contribution in [0.5, 0.6) is 0 Å². The second-order valence-corrected chi connectivity index (χ2v) is 6.58. The topological polar surface area (TPSA) is 49.3 Å². The normalized spacial score (nSPS) is 17.6. The van der Waals surface area contributed by atoms with Crippen LogP contribution in [0.3, 0.4) is 0 Å². The summed E-state index contributed by atoms with van der Waals surface area (Å²) in [4.78, 5) is 25.7. The number of carbonyl (C=O) groups excluding carboxylic acids is 1. The van der Waals surface area contributed by atoms with Crippen LogP contribution < -0.4 is 0 Å². The first kappa shape index (κ1) is 17.3. The third-order valence-electron chi connectivity index (χ3n) is 4.26. The van der Waals surface area contributed by atoms with Gasteiger partial charge in [-0.1, -0.05) is 30.3 Å². The van der Waals surface area contributed by atoms with Gasteiger partial charge in [0.05, 0.1) is 11.7 Å². The minimum Gasteiger partial charge on any atom is -0.329 e. The van der Waals surface area contributed by atoms with Crippen molar-refractivity contribution in [2.24, 2.45) is 0 Å². The molecule has 2 heterocycles. The van der Waals surface area contributed by atoms with Crippen molar-refractivity contribution in [3.8, 4) is 0 Å². The number of hydrogen-bond donors (Lipinski definition) is 0. The van der Waals surface area contributed by atoms with Crippen molar-refractivity contribution in [2.75, 3.05) is 20.6 Å². The van der Waals surface area contributed by atoms with Gasteiger partial charge in [-0.2, -0.15) is 0 Å². The van der Waals surface area contributed by atoms with Crippen molar-refractivity contribution in [1.29, 1.82) is 0 Å². The summed E-state index contributed by atoms with van der Waals surface area (Å²) >= 11 is 0. The van der Waals surface area contributed by atoms with E-state index in [9.17, 15) is 4.79 Å². The van der Waals surface area contributed by atoms with Crippen LogP contribution in [0.25, 0.3) is 6.08 Å². The summed E-state index contributed by atoms with van der Waals surface area (Å²) in [6.07, 6.45) is 7.20. The molecule has 3 rings (SSSR count). The van der Waals surface area contributed by atoms with Gasteiger partial charge >= 0.3 is 0 Å². The van der Waals surface area contributed by atoms with E-state index >= 15 is 0 Å². The minimum absolute atomic E-state index is 0.0213. The average molecular weight is 336 g/mol. The minimum atomic E-state index is -0.0324. The molecule has 0 aliphatic carbocycles. The average Bonchev–Trinajstić information content (AvgIpc) is 3.10. The van der Waals surface area contributed by atoms with Gasteiger partial charge in [0.15, 0.2) is 5.82 Å². The molecule has 1 atom stereocenters. The van der Waals surface area contributed by atoms with E-state index in [4.69, 9.17) is 0 Å². The van der Waals surface area contributed by atoms with Gasteiger partial charge in [0.25, 0.3) is 0 Å². The molecule has 25 heavy (non-hydrogen) atoms. The number of carbonyl (C=O) groups is 1. The maximum atomic E-state index is 12.6. The van der Waals surface area contributed by atoms with Crippen LogP contribution in [-0.4, -0.2) is 46.3 Å². The largest absolute Gasteiger partial charge is 0.329 e. The van der Waals surface area contributed by atoms with Crippen LogP contribution in [0.4, 0.5) is 0 Å². The molecule has 0 N–H and O–H groups in total. The Hall–Kier alpha value is -2.53. The van der Waals surface area contributed by atoms with Gasteiger partial charge in [-0.05, 0) is 44.6 Å². The molecule has 1 fully saturated rings. The van der Waals surface area contributed by atoms with Crippen molar-refractivity contribution in [3.63, 3.8) is 0 Å². The zero-order valence-electron chi connectivity index (χ0n) is 14.8. The number of nitrogens with zero attached hydrogens (tertiary/aromatic N) is 4. The van der Waals surface area contributed by atoms with E-state index in [-0.39, 0.29) is 11.9 Å². The summed E-state index contributed by atoms with van der Waals surface area (Å²) < 4.78 is 0. The Bertz CT molecular complexity index is 742. The summed E-state index contributed by atoms with van der Waals surface area (Å²) in [6, 6.07) is 11.8. The third kappa shape index (κ3) is 4.51. The molecule has 0 radical (unpaired) electrons. The van der Waals surface area contributed by atoms with Gasteiger partial charge in [-0.15, -0.1) is 0 Å². The van der Waals surface area contributed by atoms with Crippen molar-refractivity contribution >= 4 is 12.0 Å². The van der Waals surface area contributed by atoms with Crippen LogP contribution in [0.15, 0.2) is 48.7 Å². The zero-order valence-corrected chi connectivity index (χ0v) is 14.8. The first-order valence-electron chi connectivity index (χ1n) is 8.64. The highest BCUT2D eigenvalue weighted by Crippen LogP contribution is 2.30. The highest BCUT2D eigenvalue weighted by Gasteiger charge is 2.30. The van der Waals surface area contributed by atoms with E-state index in [1.54, 1.807) is 12.3 Å². The van der Waals surface area contributed by atoms with Gasteiger partial charge in [0.2, 0.25) is 5.91 Å². The van der Waals surface area contributed by atoms with E-state index in [2.05, 4.69) is 14.9 Å². The van der Waals surface area contributed by atoms with E-state index in [0.29, 0.717) is 0 Å². The highest BCUT2D eigenvalue weighted by atomic mass is 16.2. The lowest BCUT2D eigenvalue weighted by molar-refractivity contribution is -0.127. The summed E-state index contributed by atoms with van der Waals surface area (Å²) in [5.41, 5.74) is 2.00. The fourth-order valence-corrected chi connectivity index (χ4v) is 3.11. The number of amides is 1. The quantitative estimate of drug-likeness (QED) is 0.788. The van der Waals surface area contributed by atoms with E-state index in [1.165, 1.54) is 0 Å². The lowest BCUT2D eigenvalue weighted by Crippen LogP contribution is -2.30. The van der Waals surface area contributed by atoms with Gasteiger partial charge in [-0.25, -0.2) is 9.97 Å². The number of rotatable bonds is 5. The van der Waals surface area contributed by atoms with E-state index < -0.39 is 0 Å². The molecule has 5 heteroatoms. The van der Waals surface area contributed by atoms with E-state index in [0.717, 1.165) is 43.0 Å². The van der Waals surface area contributed by atoms with Crippen molar-refractivity contribution in [2.45, 2.75) is 25.4 Å². The molecule has 0 spiro atoms.